The Labute approximate surface area is 148 Å². The topological polar surface area (TPSA) is 90.1 Å². The maximum atomic E-state index is 12.5. The van der Waals surface area contributed by atoms with Crippen LogP contribution in [0.3, 0.4) is 0 Å². The zero-order valence-electron chi connectivity index (χ0n) is 13.1. The van der Waals surface area contributed by atoms with Gasteiger partial charge in [-0.05, 0) is 30.5 Å². The van der Waals surface area contributed by atoms with E-state index in [1.165, 1.54) is 0 Å². The van der Waals surface area contributed by atoms with Crippen molar-refractivity contribution in [3.63, 3.8) is 0 Å². The number of rotatable bonds is 5. The van der Waals surface area contributed by atoms with E-state index in [0.29, 0.717) is 24.8 Å². The van der Waals surface area contributed by atoms with Crippen molar-refractivity contribution in [3.05, 3.63) is 41.0 Å². The van der Waals surface area contributed by atoms with Crippen LogP contribution in [0.1, 0.15) is 18.4 Å². The third-order valence-electron chi connectivity index (χ3n) is 3.76. The summed E-state index contributed by atoms with van der Waals surface area (Å²) in [6.45, 7) is 1.40. The van der Waals surface area contributed by atoms with E-state index in [2.05, 4.69) is 15.3 Å². The zero-order chi connectivity index (χ0) is 16.9. The number of anilines is 3. The average molecular weight is 367 g/mol. The van der Waals surface area contributed by atoms with E-state index < -0.39 is 10.8 Å². The second kappa shape index (κ2) is 7.92. The van der Waals surface area contributed by atoms with E-state index in [0.717, 1.165) is 24.1 Å². The highest BCUT2D eigenvalue weighted by molar-refractivity contribution is 7.84. The first-order valence-electron chi connectivity index (χ1n) is 7.71. The van der Waals surface area contributed by atoms with Gasteiger partial charge < -0.3 is 15.8 Å². The van der Waals surface area contributed by atoms with Crippen LogP contribution in [0, 0.1) is 0 Å². The number of hydrogen-bond acceptors (Lipinski definition) is 6. The van der Waals surface area contributed by atoms with Crippen molar-refractivity contribution in [2.75, 3.05) is 24.3 Å². The van der Waals surface area contributed by atoms with E-state index in [-0.39, 0.29) is 16.4 Å². The summed E-state index contributed by atoms with van der Waals surface area (Å²) >= 11 is 5.88. The SMILES string of the molecule is Nc1nc(Cl)cc(Nc2cccc(CS(=O)C3CCOCC3)c2)n1. The summed E-state index contributed by atoms with van der Waals surface area (Å²) in [5.74, 6) is 1.17. The second-order valence-corrected chi connectivity index (χ2v) is 7.70. The maximum absolute atomic E-state index is 12.5. The number of nitrogens with two attached hydrogens (primary N) is 1. The largest absolute Gasteiger partial charge is 0.381 e. The van der Waals surface area contributed by atoms with Crippen LogP contribution in [0.15, 0.2) is 30.3 Å². The third-order valence-corrected chi connectivity index (χ3v) is 5.79. The molecule has 0 saturated carbocycles. The third kappa shape index (κ3) is 4.66. The Morgan fingerprint density at radius 1 is 1.29 bits per heavy atom. The maximum Gasteiger partial charge on any atom is 0.223 e. The van der Waals surface area contributed by atoms with Gasteiger partial charge in [-0.3, -0.25) is 4.21 Å². The normalized spacial score (nSPS) is 16.7. The summed E-state index contributed by atoms with van der Waals surface area (Å²) in [5.41, 5.74) is 7.44. The van der Waals surface area contributed by atoms with Gasteiger partial charge in [0.05, 0.1) is 0 Å². The summed E-state index contributed by atoms with van der Waals surface area (Å²) in [6.07, 6.45) is 1.73. The van der Waals surface area contributed by atoms with E-state index in [1.807, 2.05) is 24.3 Å². The number of nitrogens with one attached hydrogen (secondary N) is 1. The van der Waals surface area contributed by atoms with Gasteiger partial charge in [-0.1, -0.05) is 23.7 Å². The molecule has 1 fully saturated rings. The minimum atomic E-state index is -0.894. The van der Waals surface area contributed by atoms with Gasteiger partial charge in [0, 0.05) is 46.8 Å². The van der Waals surface area contributed by atoms with Gasteiger partial charge in [-0.15, -0.1) is 0 Å². The van der Waals surface area contributed by atoms with Crippen LogP contribution in [0.25, 0.3) is 0 Å². The Bertz CT molecular complexity index is 718. The van der Waals surface area contributed by atoms with Crippen LogP contribution >= 0.6 is 11.6 Å². The summed E-state index contributed by atoms with van der Waals surface area (Å²) in [5, 5.41) is 3.64. The van der Waals surface area contributed by atoms with Gasteiger partial charge >= 0.3 is 0 Å². The zero-order valence-corrected chi connectivity index (χ0v) is 14.6. The molecule has 1 atom stereocenters. The lowest BCUT2D eigenvalue weighted by Gasteiger charge is -2.21. The first-order valence-corrected chi connectivity index (χ1v) is 9.47. The number of halogens is 1. The monoisotopic (exact) mass is 366 g/mol. The van der Waals surface area contributed by atoms with E-state index in [1.54, 1.807) is 6.07 Å². The lowest BCUT2D eigenvalue weighted by atomic mass is 10.2. The molecule has 1 aromatic carbocycles. The molecule has 3 N–H and O–H groups in total. The molecule has 0 spiro atoms. The standard InChI is InChI=1S/C16H19ClN4O2S/c17-14-9-15(21-16(18)20-14)19-12-3-1-2-11(8-12)10-24(22)13-4-6-23-7-5-13/h1-3,8-9,13H,4-7,10H2,(H3,18,19,20,21). The van der Waals surface area contributed by atoms with Crippen molar-refractivity contribution < 1.29 is 8.95 Å². The van der Waals surface area contributed by atoms with Crippen molar-refractivity contribution >= 4 is 39.9 Å². The highest BCUT2D eigenvalue weighted by Gasteiger charge is 2.20. The van der Waals surface area contributed by atoms with Crippen molar-refractivity contribution in [2.45, 2.75) is 23.8 Å². The number of aromatic nitrogens is 2. The fourth-order valence-electron chi connectivity index (χ4n) is 2.61. The van der Waals surface area contributed by atoms with E-state index in [4.69, 9.17) is 22.1 Å². The van der Waals surface area contributed by atoms with Gasteiger partial charge in [0.1, 0.15) is 11.0 Å². The molecule has 1 aliphatic rings. The minimum absolute atomic E-state index is 0.113. The average Bonchev–Trinajstić information content (AvgIpc) is 2.55. The number of benzene rings is 1. The predicted molar refractivity (Wildman–Crippen MR) is 96.9 cm³/mol. The van der Waals surface area contributed by atoms with Gasteiger partial charge in [0.25, 0.3) is 0 Å². The molecule has 0 bridgehead atoms. The van der Waals surface area contributed by atoms with Crippen LogP contribution < -0.4 is 11.1 Å². The van der Waals surface area contributed by atoms with Crippen LogP contribution in [0.2, 0.25) is 5.15 Å². The van der Waals surface area contributed by atoms with Gasteiger partial charge in [-0.2, -0.15) is 4.98 Å². The Kier molecular flexibility index (Phi) is 5.65. The van der Waals surface area contributed by atoms with Crippen molar-refractivity contribution in [2.24, 2.45) is 0 Å². The quantitative estimate of drug-likeness (QED) is 0.791. The van der Waals surface area contributed by atoms with Crippen LogP contribution in [-0.4, -0.2) is 32.6 Å². The molecule has 1 aliphatic heterocycles. The molecule has 6 nitrogen and oxygen atoms in total. The molecule has 1 aromatic heterocycles. The van der Waals surface area contributed by atoms with Crippen LogP contribution in [0.4, 0.5) is 17.5 Å². The molecule has 0 amide bonds. The lowest BCUT2D eigenvalue weighted by Crippen LogP contribution is -2.25. The number of ether oxygens (including phenoxy) is 1. The smallest absolute Gasteiger partial charge is 0.223 e. The molecule has 2 aromatic rings. The highest BCUT2D eigenvalue weighted by atomic mass is 35.5. The van der Waals surface area contributed by atoms with Gasteiger partial charge in [0.2, 0.25) is 5.95 Å². The first kappa shape index (κ1) is 17.1. The van der Waals surface area contributed by atoms with E-state index >= 15 is 0 Å². The Morgan fingerprint density at radius 3 is 2.83 bits per heavy atom. The fraction of sp³-hybridized carbons (Fsp3) is 0.375. The minimum Gasteiger partial charge on any atom is -0.381 e. The fourth-order valence-corrected chi connectivity index (χ4v) is 4.26. The summed E-state index contributed by atoms with van der Waals surface area (Å²) in [7, 11) is -0.894. The Balaban J connectivity index is 1.68. The first-order chi connectivity index (χ1) is 11.6. The molecule has 128 valence electrons. The molecule has 2 heterocycles. The van der Waals surface area contributed by atoms with E-state index in [9.17, 15) is 4.21 Å². The predicted octanol–water partition coefficient (Wildman–Crippen LogP) is 2.88. The number of nitrogens with zero attached hydrogens (tertiary/aromatic N) is 2. The molecule has 0 aliphatic carbocycles. The molecule has 1 saturated heterocycles. The Hall–Kier alpha value is -1.70. The molecule has 1 unspecified atom stereocenters. The second-order valence-electron chi connectivity index (χ2n) is 5.60. The lowest BCUT2D eigenvalue weighted by molar-refractivity contribution is 0.0992. The summed E-state index contributed by atoms with van der Waals surface area (Å²) < 4.78 is 17.8. The molecule has 3 rings (SSSR count). The highest BCUT2D eigenvalue weighted by Crippen LogP contribution is 2.21. The van der Waals surface area contributed by atoms with Crippen LogP contribution in [-0.2, 0) is 21.3 Å². The molecular weight excluding hydrogens is 348 g/mol. The summed E-state index contributed by atoms with van der Waals surface area (Å²) in [6, 6.07) is 9.37. The Morgan fingerprint density at radius 2 is 2.08 bits per heavy atom. The number of hydrogen-bond donors (Lipinski definition) is 2. The summed E-state index contributed by atoms with van der Waals surface area (Å²) in [4.78, 5) is 7.92. The molecule has 24 heavy (non-hydrogen) atoms. The molecular formula is C16H19ClN4O2S. The van der Waals surface area contributed by atoms with Gasteiger partial charge in [-0.25, -0.2) is 4.98 Å². The van der Waals surface area contributed by atoms with Crippen molar-refractivity contribution in [1.29, 1.82) is 0 Å². The van der Waals surface area contributed by atoms with Crippen molar-refractivity contribution in [1.82, 2.24) is 9.97 Å². The van der Waals surface area contributed by atoms with Crippen molar-refractivity contribution in [3.8, 4) is 0 Å². The van der Waals surface area contributed by atoms with Gasteiger partial charge in [0.15, 0.2) is 0 Å². The van der Waals surface area contributed by atoms with Crippen LogP contribution in [0.5, 0.6) is 0 Å². The number of nitrogen functional groups attached to an aromatic ring is 1. The molecule has 0 radical (unpaired) electrons. The molecule has 8 heteroatoms.